The summed E-state index contributed by atoms with van der Waals surface area (Å²) in [6.07, 6.45) is 1.59. The van der Waals surface area contributed by atoms with Gasteiger partial charge in [0.05, 0.1) is 4.91 Å². The number of benzene rings is 3. The smallest absolute Gasteiger partial charge is 0.294 e. The fraction of sp³-hybridized carbons (Fsp3) is 0.0800. The standard InChI is InChI=1S/C25H18BrFN2O4S/c26-18-6-10-20(11-7-18)28-23(30)14-29-24(31)22(34-25(29)32)13-17-2-1-3-21(12-17)33-15-16-4-8-19(27)9-5-16/h1-13H,14-15H2,(H,28,30)/b22-13+. The van der Waals surface area contributed by atoms with Crippen molar-refractivity contribution in [1.82, 2.24) is 4.90 Å². The summed E-state index contributed by atoms with van der Waals surface area (Å²) in [4.78, 5) is 38.6. The second-order valence-corrected chi connectivity index (χ2v) is 9.22. The molecule has 172 valence electrons. The third-order valence-corrected chi connectivity index (χ3v) is 6.21. The molecule has 6 nitrogen and oxygen atoms in total. The number of rotatable bonds is 7. The van der Waals surface area contributed by atoms with Crippen molar-refractivity contribution < 1.29 is 23.5 Å². The van der Waals surface area contributed by atoms with Gasteiger partial charge >= 0.3 is 0 Å². The Kier molecular flexibility index (Phi) is 7.44. The van der Waals surface area contributed by atoms with E-state index in [1.54, 1.807) is 66.7 Å². The van der Waals surface area contributed by atoms with Gasteiger partial charge in [-0.2, -0.15) is 0 Å². The Balaban J connectivity index is 1.39. The van der Waals surface area contributed by atoms with Crippen LogP contribution < -0.4 is 10.1 Å². The Bertz CT molecular complexity index is 1260. The predicted octanol–water partition coefficient (Wildman–Crippen LogP) is 5.84. The summed E-state index contributed by atoms with van der Waals surface area (Å²) in [5.41, 5.74) is 2.05. The van der Waals surface area contributed by atoms with Crippen LogP contribution in [0.1, 0.15) is 11.1 Å². The quantitative estimate of drug-likeness (QED) is 0.381. The van der Waals surface area contributed by atoms with Crippen molar-refractivity contribution in [1.29, 1.82) is 0 Å². The highest BCUT2D eigenvalue weighted by Gasteiger charge is 2.36. The zero-order valence-corrected chi connectivity index (χ0v) is 20.1. The Morgan fingerprint density at radius 3 is 2.53 bits per heavy atom. The maximum Gasteiger partial charge on any atom is 0.294 e. The molecular weight excluding hydrogens is 523 g/mol. The first-order valence-electron chi connectivity index (χ1n) is 10.2. The molecule has 0 radical (unpaired) electrons. The van der Waals surface area contributed by atoms with Crippen LogP contribution in [0.3, 0.4) is 0 Å². The van der Waals surface area contributed by atoms with Gasteiger partial charge in [-0.1, -0.05) is 40.2 Å². The Morgan fingerprint density at radius 1 is 1.06 bits per heavy atom. The van der Waals surface area contributed by atoms with Crippen LogP contribution in [-0.2, 0) is 16.2 Å². The van der Waals surface area contributed by atoms with Crippen LogP contribution in [0.25, 0.3) is 6.08 Å². The Hall–Kier alpha value is -3.43. The fourth-order valence-electron chi connectivity index (χ4n) is 3.11. The average Bonchev–Trinajstić information content (AvgIpc) is 3.08. The maximum atomic E-state index is 13.0. The highest BCUT2D eigenvalue weighted by atomic mass is 79.9. The molecule has 1 aliphatic rings. The molecule has 1 aliphatic heterocycles. The van der Waals surface area contributed by atoms with Crippen molar-refractivity contribution >= 4 is 56.5 Å². The van der Waals surface area contributed by atoms with Crippen LogP contribution in [0.4, 0.5) is 14.9 Å². The molecule has 3 amide bonds. The molecule has 1 saturated heterocycles. The van der Waals surface area contributed by atoms with E-state index in [0.717, 1.165) is 26.7 Å². The van der Waals surface area contributed by atoms with Gasteiger partial charge in [0, 0.05) is 10.2 Å². The molecule has 0 spiro atoms. The average molecular weight is 541 g/mol. The molecule has 0 aliphatic carbocycles. The monoisotopic (exact) mass is 540 g/mol. The van der Waals surface area contributed by atoms with E-state index in [-0.39, 0.29) is 23.9 Å². The molecule has 0 saturated carbocycles. The summed E-state index contributed by atoms with van der Waals surface area (Å²) in [6, 6.07) is 20.0. The minimum atomic E-state index is -0.529. The van der Waals surface area contributed by atoms with Crippen LogP contribution in [0.15, 0.2) is 82.2 Å². The van der Waals surface area contributed by atoms with E-state index in [2.05, 4.69) is 21.2 Å². The second-order valence-electron chi connectivity index (χ2n) is 7.31. The van der Waals surface area contributed by atoms with Gasteiger partial charge in [-0.05, 0) is 77.5 Å². The lowest BCUT2D eigenvalue weighted by Gasteiger charge is -2.12. The van der Waals surface area contributed by atoms with Crippen LogP contribution in [0, 0.1) is 5.82 Å². The van der Waals surface area contributed by atoms with E-state index < -0.39 is 17.1 Å². The zero-order valence-electron chi connectivity index (χ0n) is 17.7. The molecule has 3 aromatic carbocycles. The lowest BCUT2D eigenvalue weighted by atomic mass is 10.2. The number of hydrogen-bond acceptors (Lipinski definition) is 5. The number of amides is 3. The first kappa shape index (κ1) is 23.7. The number of carbonyl (C=O) groups excluding carboxylic acids is 3. The summed E-state index contributed by atoms with van der Waals surface area (Å²) >= 11 is 4.10. The number of carbonyl (C=O) groups is 3. The lowest BCUT2D eigenvalue weighted by molar-refractivity contribution is -0.127. The number of nitrogens with one attached hydrogen (secondary N) is 1. The van der Waals surface area contributed by atoms with Crippen LogP contribution >= 0.6 is 27.7 Å². The predicted molar refractivity (Wildman–Crippen MR) is 133 cm³/mol. The molecule has 4 rings (SSSR count). The molecule has 1 fully saturated rings. The van der Waals surface area contributed by atoms with Crippen molar-refractivity contribution in [3.05, 3.63) is 99.1 Å². The highest BCUT2D eigenvalue weighted by Crippen LogP contribution is 2.32. The van der Waals surface area contributed by atoms with Crippen LogP contribution in [0.2, 0.25) is 0 Å². The molecule has 1 heterocycles. The number of thioether (sulfide) groups is 1. The number of anilines is 1. The number of hydrogen-bond donors (Lipinski definition) is 1. The first-order chi connectivity index (χ1) is 16.4. The SMILES string of the molecule is O=C(CN1C(=O)S/C(=C/c2cccc(OCc3ccc(F)cc3)c2)C1=O)Nc1ccc(Br)cc1. The van der Waals surface area contributed by atoms with E-state index >= 15 is 0 Å². The van der Waals surface area contributed by atoms with E-state index in [4.69, 9.17) is 4.74 Å². The van der Waals surface area contributed by atoms with Gasteiger partial charge in [-0.3, -0.25) is 19.3 Å². The van der Waals surface area contributed by atoms with Gasteiger partial charge in [0.15, 0.2) is 0 Å². The highest BCUT2D eigenvalue weighted by molar-refractivity contribution is 9.10. The number of imide groups is 1. The first-order valence-corrected chi connectivity index (χ1v) is 11.8. The topological polar surface area (TPSA) is 75.7 Å². The summed E-state index contributed by atoms with van der Waals surface area (Å²) in [7, 11) is 0. The van der Waals surface area contributed by atoms with E-state index in [1.165, 1.54) is 12.1 Å². The summed E-state index contributed by atoms with van der Waals surface area (Å²) in [6.45, 7) is -0.118. The summed E-state index contributed by atoms with van der Waals surface area (Å²) < 4.78 is 19.6. The Morgan fingerprint density at radius 2 is 1.79 bits per heavy atom. The van der Waals surface area contributed by atoms with Crippen molar-refractivity contribution in [3.63, 3.8) is 0 Å². The lowest BCUT2D eigenvalue weighted by Crippen LogP contribution is -2.36. The molecule has 0 atom stereocenters. The molecule has 1 N–H and O–H groups in total. The van der Waals surface area contributed by atoms with E-state index in [0.29, 0.717) is 17.0 Å². The van der Waals surface area contributed by atoms with Crippen molar-refractivity contribution in [2.75, 3.05) is 11.9 Å². The molecule has 0 bridgehead atoms. The molecular formula is C25H18BrFN2O4S. The maximum absolute atomic E-state index is 13.0. The van der Waals surface area contributed by atoms with Gasteiger partial charge in [0.2, 0.25) is 5.91 Å². The summed E-state index contributed by atoms with van der Waals surface area (Å²) in [5, 5.41) is 2.16. The minimum Gasteiger partial charge on any atom is -0.489 e. The van der Waals surface area contributed by atoms with E-state index in [1.807, 2.05) is 0 Å². The third kappa shape index (κ3) is 6.12. The largest absolute Gasteiger partial charge is 0.489 e. The zero-order chi connectivity index (χ0) is 24.1. The number of halogens is 2. The van der Waals surface area contributed by atoms with Gasteiger partial charge in [-0.15, -0.1) is 0 Å². The second kappa shape index (κ2) is 10.7. The van der Waals surface area contributed by atoms with Crippen molar-refractivity contribution in [3.8, 4) is 5.75 Å². The molecule has 0 unspecified atom stereocenters. The molecule has 34 heavy (non-hydrogen) atoms. The fourth-order valence-corrected chi connectivity index (χ4v) is 4.21. The van der Waals surface area contributed by atoms with Crippen LogP contribution in [-0.4, -0.2) is 28.5 Å². The van der Waals surface area contributed by atoms with Gasteiger partial charge in [0.1, 0.15) is 24.7 Å². The van der Waals surface area contributed by atoms with Crippen molar-refractivity contribution in [2.24, 2.45) is 0 Å². The Labute approximate surface area is 207 Å². The van der Waals surface area contributed by atoms with Gasteiger partial charge in [0.25, 0.3) is 11.1 Å². The molecule has 9 heteroatoms. The van der Waals surface area contributed by atoms with Crippen molar-refractivity contribution in [2.45, 2.75) is 6.61 Å². The number of ether oxygens (including phenoxy) is 1. The van der Waals surface area contributed by atoms with E-state index in [9.17, 15) is 18.8 Å². The molecule has 0 aromatic heterocycles. The normalized spacial score (nSPS) is 14.5. The summed E-state index contributed by atoms with van der Waals surface area (Å²) in [5.74, 6) is -0.752. The third-order valence-electron chi connectivity index (χ3n) is 4.78. The van der Waals surface area contributed by atoms with Crippen LogP contribution in [0.5, 0.6) is 5.75 Å². The minimum absolute atomic E-state index is 0.220. The molecule has 3 aromatic rings. The van der Waals surface area contributed by atoms with Gasteiger partial charge < -0.3 is 10.1 Å². The number of nitrogens with zero attached hydrogens (tertiary/aromatic N) is 1. The van der Waals surface area contributed by atoms with Gasteiger partial charge in [-0.25, -0.2) is 4.39 Å².